The number of piperazine rings is 1. The fourth-order valence-corrected chi connectivity index (χ4v) is 2.75. The number of carbonyl (C=O) groups is 1. The fraction of sp³-hybridized carbons (Fsp3) is 0.917. The van der Waals surface area contributed by atoms with Crippen molar-refractivity contribution in [3.8, 4) is 0 Å². The summed E-state index contributed by atoms with van der Waals surface area (Å²) >= 11 is 0. The minimum absolute atomic E-state index is 0.0784. The Hall–Kier alpha value is -0.865. The summed E-state index contributed by atoms with van der Waals surface area (Å²) in [5.41, 5.74) is -0.809. The number of rotatable bonds is 1. The lowest BCUT2D eigenvalue weighted by molar-refractivity contribution is -0.309. The standard InChI is InChI=1S/C12H13B5F6N2O2/c1-9(2,3)24-4(13)5(14)25(10(16,17)7(24)15)8(26)27-6(11(18,19)20)12(21,22)23/h4-7H,1-3H3. The molecular formula is C12H13B5F6N2O2. The van der Waals surface area contributed by atoms with E-state index in [2.05, 4.69) is 4.74 Å². The highest BCUT2D eigenvalue weighted by Gasteiger charge is 2.61. The summed E-state index contributed by atoms with van der Waals surface area (Å²) in [7, 11) is 28.9. The van der Waals surface area contributed by atoms with E-state index in [0.29, 0.717) is 0 Å². The highest BCUT2D eigenvalue weighted by atomic mass is 19.4. The zero-order valence-corrected chi connectivity index (χ0v) is 14.7. The number of alkyl halides is 6. The number of carbonyl (C=O) groups excluding carboxylic acids is 1. The smallest absolute Gasteiger partial charge is 0.427 e. The van der Waals surface area contributed by atoms with Crippen molar-refractivity contribution in [2.75, 3.05) is 0 Å². The highest BCUT2D eigenvalue weighted by Crippen LogP contribution is 2.38. The van der Waals surface area contributed by atoms with Gasteiger partial charge in [0, 0.05) is 11.5 Å². The number of amides is 1. The van der Waals surface area contributed by atoms with Crippen molar-refractivity contribution >= 4 is 45.3 Å². The summed E-state index contributed by atoms with van der Waals surface area (Å²) in [6.07, 6.45) is -18.4. The molecule has 1 fully saturated rings. The maximum Gasteiger partial charge on any atom is 0.434 e. The van der Waals surface area contributed by atoms with E-state index in [0.717, 1.165) is 0 Å². The first-order chi connectivity index (χ1) is 11.7. The third-order valence-corrected chi connectivity index (χ3v) is 3.94. The highest BCUT2D eigenvalue weighted by molar-refractivity contribution is 6.45. The van der Waals surface area contributed by atoms with Crippen LogP contribution in [0.5, 0.6) is 0 Å². The van der Waals surface area contributed by atoms with Gasteiger partial charge in [0.05, 0.1) is 31.4 Å². The van der Waals surface area contributed by atoms with Crippen LogP contribution in [0.4, 0.5) is 31.1 Å². The largest absolute Gasteiger partial charge is 0.434 e. The summed E-state index contributed by atoms with van der Waals surface area (Å²) in [5.74, 6) is -4.52. The second-order valence-corrected chi connectivity index (χ2v) is 7.11. The molecule has 140 valence electrons. The molecule has 1 rings (SSSR count). The zero-order chi connectivity index (χ0) is 21.7. The first-order valence-corrected chi connectivity index (χ1v) is 7.50. The Kier molecular flexibility index (Phi) is 6.43. The van der Waals surface area contributed by atoms with Crippen LogP contribution in [0.25, 0.3) is 0 Å². The van der Waals surface area contributed by atoms with E-state index >= 15 is 0 Å². The minimum Gasteiger partial charge on any atom is -0.427 e. The first-order valence-electron chi connectivity index (χ1n) is 7.50. The zero-order valence-electron chi connectivity index (χ0n) is 14.7. The summed E-state index contributed by atoms with van der Waals surface area (Å²) < 4.78 is 79.4. The molecule has 0 N–H and O–H groups in total. The number of hydrogen-bond donors (Lipinski definition) is 0. The molecule has 1 heterocycles. The summed E-state index contributed by atoms with van der Waals surface area (Å²) in [5, 5.41) is -2.48. The number of halogens is 6. The number of nitrogens with zero attached hydrogens (tertiary/aromatic N) is 2. The SMILES string of the molecule is [B]C1C([B])N(C(=O)OC(C(F)(F)F)C(F)(F)F)C([B])([B])C([B])N1C(C)(C)C. The van der Waals surface area contributed by atoms with Gasteiger partial charge in [-0.15, -0.1) is 0 Å². The molecule has 0 aromatic carbocycles. The summed E-state index contributed by atoms with van der Waals surface area (Å²) in [6, 6.07) is 0. The van der Waals surface area contributed by atoms with E-state index in [9.17, 15) is 31.1 Å². The molecule has 0 saturated carbocycles. The number of hydrogen-bond acceptors (Lipinski definition) is 3. The lowest BCUT2D eigenvalue weighted by Crippen LogP contribution is -2.80. The van der Waals surface area contributed by atoms with E-state index in [4.69, 9.17) is 39.2 Å². The Bertz CT molecular complexity index is 554. The lowest BCUT2D eigenvalue weighted by Gasteiger charge is -2.63. The van der Waals surface area contributed by atoms with Gasteiger partial charge in [0.1, 0.15) is 7.85 Å². The molecule has 0 aliphatic carbocycles. The molecule has 15 heteroatoms. The van der Waals surface area contributed by atoms with Crippen LogP contribution in [-0.2, 0) is 4.74 Å². The molecule has 1 aliphatic heterocycles. The Labute approximate surface area is 159 Å². The third-order valence-electron chi connectivity index (χ3n) is 3.94. The molecule has 1 amide bonds. The molecular weight excluding hydrogens is 372 g/mol. The fourth-order valence-electron chi connectivity index (χ4n) is 2.75. The molecule has 1 aliphatic rings. The molecule has 0 spiro atoms. The molecule has 0 aromatic heterocycles. The average molecular weight is 385 g/mol. The van der Waals surface area contributed by atoms with Crippen molar-refractivity contribution < 1.29 is 35.9 Å². The van der Waals surface area contributed by atoms with E-state index < -0.39 is 53.2 Å². The van der Waals surface area contributed by atoms with Crippen LogP contribution in [-0.4, -0.2) is 102 Å². The Morgan fingerprint density at radius 1 is 0.963 bits per heavy atom. The molecule has 4 nitrogen and oxygen atoms in total. The van der Waals surface area contributed by atoms with Crippen LogP contribution in [0.3, 0.4) is 0 Å². The van der Waals surface area contributed by atoms with E-state index in [1.54, 1.807) is 20.8 Å². The third kappa shape index (κ3) is 4.76. The van der Waals surface area contributed by atoms with Crippen molar-refractivity contribution in [1.82, 2.24) is 9.80 Å². The van der Waals surface area contributed by atoms with Crippen LogP contribution in [0.15, 0.2) is 0 Å². The average Bonchev–Trinajstić information content (AvgIpc) is 2.39. The van der Waals surface area contributed by atoms with Gasteiger partial charge in [-0.3, -0.25) is 0 Å². The van der Waals surface area contributed by atoms with E-state index in [1.807, 2.05) is 0 Å². The van der Waals surface area contributed by atoms with E-state index in [1.165, 1.54) is 4.90 Å². The van der Waals surface area contributed by atoms with Crippen molar-refractivity contribution in [2.45, 2.75) is 67.9 Å². The molecule has 3 atom stereocenters. The first kappa shape index (κ1) is 24.2. The van der Waals surface area contributed by atoms with Crippen LogP contribution < -0.4 is 0 Å². The quantitative estimate of drug-likeness (QED) is 0.487. The van der Waals surface area contributed by atoms with Crippen LogP contribution in [0, 0.1) is 0 Å². The second-order valence-electron chi connectivity index (χ2n) is 7.11. The van der Waals surface area contributed by atoms with Crippen LogP contribution in [0.2, 0.25) is 0 Å². The van der Waals surface area contributed by atoms with E-state index in [-0.39, 0.29) is 4.90 Å². The van der Waals surface area contributed by atoms with Gasteiger partial charge in [-0.25, -0.2) is 4.79 Å². The Balaban J connectivity index is 3.27. The lowest BCUT2D eigenvalue weighted by atomic mass is 9.47. The maximum atomic E-state index is 12.6. The van der Waals surface area contributed by atoms with Crippen LogP contribution >= 0.6 is 0 Å². The Morgan fingerprint density at radius 3 is 1.70 bits per heavy atom. The van der Waals surface area contributed by atoms with Crippen molar-refractivity contribution in [1.29, 1.82) is 0 Å². The topological polar surface area (TPSA) is 32.8 Å². The number of ether oxygens (including phenoxy) is 1. The van der Waals surface area contributed by atoms with Gasteiger partial charge >= 0.3 is 18.4 Å². The predicted octanol–water partition coefficient (Wildman–Crippen LogP) is 0.507. The second kappa shape index (κ2) is 7.19. The predicted molar refractivity (Wildman–Crippen MR) is 88.7 cm³/mol. The van der Waals surface area contributed by atoms with Gasteiger partial charge in [-0.1, -0.05) is 0 Å². The van der Waals surface area contributed by atoms with Gasteiger partial charge in [-0.2, -0.15) is 26.3 Å². The van der Waals surface area contributed by atoms with Crippen molar-refractivity contribution in [2.24, 2.45) is 0 Å². The monoisotopic (exact) mass is 386 g/mol. The van der Waals surface area contributed by atoms with Gasteiger partial charge in [-0.05, 0) is 38.0 Å². The van der Waals surface area contributed by atoms with Gasteiger partial charge in [0.25, 0.3) is 6.10 Å². The van der Waals surface area contributed by atoms with Crippen LogP contribution in [0.1, 0.15) is 20.8 Å². The minimum atomic E-state index is -5.93. The van der Waals surface area contributed by atoms with Gasteiger partial charge < -0.3 is 14.5 Å². The maximum absolute atomic E-state index is 12.6. The molecule has 3 unspecified atom stereocenters. The van der Waals surface area contributed by atoms with Crippen molar-refractivity contribution in [3.63, 3.8) is 0 Å². The van der Waals surface area contributed by atoms with Crippen molar-refractivity contribution in [3.05, 3.63) is 0 Å². The van der Waals surface area contributed by atoms with Gasteiger partial charge in [0.2, 0.25) is 0 Å². The Morgan fingerprint density at radius 2 is 1.37 bits per heavy atom. The van der Waals surface area contributed by atoms with Gasteiger partial charge in [0.15, 0.2) is 0 Å². The summed E-state index contributed by atoms with van der Waals surface area (Å²) in [4.78, 5) is 13.5. The molecule has 27 heavy (non-hydrogen) atoms. The molecule has 0 aromatic rings. The molecule has 10 radical (unpaired) electrons. The summed E-state index contributed by atoms with van der Waals surface area (Å²) in [6.45, 7) is 4.90. The molecule has 1 saturated heterocycles. The molecule has 0 bridgehead atoms. The normalized spacial score (nSPS) is 27.6.